The van der Waals surface area contributed by atoms with Crippen LogP contribution in [-0.4, -0.2) is 12.0 Å². The van der Waals surface area contributed by atoms with Gasteiger partial charge in [-0.05, 0) is 54.4 Å². The second-order valence-corrected chi connectivity index (χ2v) is 5.00. The fourth-order valence-corrected chi connectivity index (χ4v) is 2.24. The number of carbonyl (C=O) groups excluding carboxylic acids is 2. The SMILES string of the molecule is Nc1ccc(NC(=O)Oc2ccc3c(c2)CCC(=O)N3)cc1. The predicted molar refractivity (Wildman–Crippen MR) is 83.9 cm³/mol. The van der Waals surface area contributed by atoms with Crippen LogP contribution in [0.3, 0.4) is 0 Å². The van der Waals surface area contributed by atoms with Crippen LogP contribution in [0.1, 0.15) is 12.0 Å². The van der Waals surface area contributed by atoms with Crippen LogP contribution in [0.5, 0.6) is 5.75 Å². The summed E-state index contributed by atoms with van der Waals surface area (Å²) in [6.07, 6.45) is 0.496. The zero-order valence-electron chi connectivity index (χ0n) is 11.8. The van der Waals surface area contributed by atoms with E-state index in [0.29, 0.717) is 30.0 Å². The van der Waals surface area contributed by atoms with Crippen molar-refractivity contribution in [3.8, 4) is 5.75 Å². The zero-order valence-corrected chi connectivity index (χ0v) is 11.8. The third-order valence-corrected chi connectivity index (χ3v) is 3.34. The van der Waals surface area contributed by atoms with Crippen molar-refractivity contribution in [2.45, 2.75) is 12.8 Å². The summed E-state index contributed by atoms with van der Waals surface area (Å²) in [7, 11) is 0. The molecule has 0 aliphatic carbocycles. The molecule has 0 atom stereocenters. The quantitative estimate of drug-likeness (QED) is 0.743. The van der Waals surface area contributed by atoms with Gasteiger partial charge in [-0.3, -0.25) is 10.1 Å². The minimum Gasteiger partial charge on any atom is -0.410 e. The van der Waals surface area contributed by atoms with E-state index in [4.69, 9.17) is 10.5 Å². The van der Waals surface area contributed by atoms with Gasteiger partial charge in [0.2, 0.25) is 5.91 Å². The van der Waals surface area contributed by atoms with E-state index < -0.39 is 6.09 Å². The Kier molecular flexibility index (Phi) is 3.65. The Morgan fingerprint density at radius 2 is 1.91 bits per heavy atom. The molecule has 112 valence electrons. The highest BCUT2D eigenvalue weighted by Gasteiger charge is 2.16. The van der Waals surface area contributed by atoms with Gasteiger partial charge in [-0.1, -0.05) is 0 Å². The Hall–Kier alpha value is -3.02. The molecular formula is C16H15N3O3. The van der Waals surface area contributed by atoms with Crippen LogP contribution in [0.4, 0.5) is 21.9 Å². The molecule has 0 spiro atoms. The lowest BCUT2D eigenvalue weighted by Crippen LogP contribution is -2.20. The van der Waals surface area contributed by atoms with Gasteiger partial charge in [-0.25, -0.2) is 4.79 Å². The van der Waals surface area contributed by atoms with E-state index in [1.807, 2.05) is 0 Å². The molecular weight excluding hydrogens is 282 g/mol. The van der Waals surface area contributed by atoms with E-state index in [1.54, 1.807) is 42.5 Å². The van der Waals surface area contributed by atoms with E-state index in [-0.39, 0.29) is 5.91 Å². The number of benzene rings is 2. The van der Waals surface area contributed by atoms with Crippen molar-refractivity contribution in [1.82, 2.24) is 0 Å². The predicted octanol–water partition coefficient (Wildman–Crippen LogP) is 2.76. The summed E-state index contributed by atoms with van der Waals surface area (Å²) in [5.41, 5.74) is 8.53. The smallest absolute Gasteiger partial charge is 0.410 e. The average molecular weight is 297 g/mol. The Balaban J connectivity index is 1.66. The highest BCUT2D eigenvalue weighted by atomic mass is 16.6. The van der Waals surface area contributed by atoms with Gasteiger partial charge in [0, 0.05) is 23.5 Å². The Labute approximate surface area is 127 Å². The van der Waals surface area contributed by atoms with Crippen LogP contribution in [0.25, 0.3) is 0 Å². The fraction of sp³-hybridized carbons (Fsp3) is 0.125. The number of amides is 2. The lowest BCUT2D eigenvalue weighted by Gasteiger charge is -2.17. The minimum absolute atomic E-state index is 0.00209. The van der Waals surface area contributed by atoms with Crippen molar-refractivity contribution in [3.63, 3.8) is 0 Å². The lowest BCUT2D eigenvalue weighted by atomic mass is 10.0. The van der Waals surface area contributed by atoms with Crippen LogP contribution in [0.2, 0.25) is 0 Å². The molecule has 1 heterocycles. The number of hydrogen-bond donors (Lipinski definition) is 3. The summed E-state index contributed by atoms with van der Waals surface area (Å²) < 4.78 is 5.25. The second-order valence-electron chi connectivity index (χ2n) is 5.00. The normalized spacial score (nSPS) is 13.0. The average Bonchev–Trinajstić information content (AvgIpc) is 2.50. The largest absolute Gasteiger partial charge is 0.417 e. The van der Waals surface area contributed by atoms with Gasteiger partial charge in [-0.2, -0.15) is 0 Å². The maximum Gasteiger partial charge on any atom is 0.417 e. The molecule has 0 radical (unpaired) electrons. The molecule has 0 fully saturated rings. The number of fused-ring (bicyclic) bond motifs is 1. The Morgan fingerprint density at radius 3 is 2.68 bits per heavy atom. The van der Waals surface area contributed by atoms with Crippen molar-refractivity contribution in [3.05, 3.63) is 48.0 Å². The summed E-state index contributed by atoms with van der Waals surface area (Å²) in [5, 5.41) is 5.40. The molecule has 0 saturated heterocycles. The number of nitrogens with two attached hydrogens (primary N) is 1. The van der Waals surface area contributed by atoms with Gasteiger partial charge in [0.25, 0.3) is 0 Å². The second kappa shape index (κ2) is 5.77. The first kappa shape index (κ1) is 13.9. The Morgan fingerprint density at radius 1 is 1.14 bits per heavy atom. The van der Waals surface area contributed by atoms with Gasteiger partial charge in [0.15, 0.2) is 0 Å². The minimum atomic E-state index is -0.579. The molecule has 22 heavy (non-hydrogen) atoms. The van der Waals surface area contributed by atoms with E-state index in [2.05, 4.69) is 10.6 Å². The highest BCUT2D eigenvalue weighted by molar-refractivity contribution is 5.94. The van der Waals surface area contributed by atoms with Crippen LogP contribution >= 0.6 is 0 Å². The summed E-state index contributed by atoms with van der Waals surface area (Å²) >= 11 is 0. The summed E-state index contributed by atoms with van der Waals surface area (Å²) in [4.78, 5) is 23.2. The fourth-order valence-electron chi connectivity index (χ4n) is 2.24. The molecule has 2 amide bonds. The topological polar surface area (TPSA) is 93.4 Å². The Bertz CT molecular complexity index is 726. The van der Waals surface area contributed by atoms with E-state index in [1.165, 1.54) is 0 Å². The van der Waals surface area contributed by atoms with Crippen molar-refractivity contribution < 1.29 is 14.3 Å². The third kappa shape index (κ3) is 3.17. The standard InChI is InChI=1S/C16H15N3O3/c17-11-2-4-12(5-3-11)18-16(21)22-13-6-7-14-10(9-13)1-8-15(20)19-14/h2-7,9H,1,8,17H2,(H,18,21)(H,19,20). The number of nitrogen functional groups attached to an aromatic ring is 1. The third-order valence-electron chi connectivity index (χ3n) is 3.34. The van der Waals surface area contributed by atoms with Gasteiger partial charge in [0.1, 0.15) is 5.75 Å². The molecule has 2 aromatic carbocycles. The van der Waals surface area contributed by atoms with Crippen LogP contribution < -0.4 is 21.1 Å². The van der Waals surface area contributed by atoms with Gasteiger partial charge < -0.3 is 15.8 Å². The molecule has 4 N–H and O–H groups in total. The number of nitrogens with one attached hydrogen (secondary N) is 2. The molecule has 6 heteroatoms. The van der Waals surface area contributed by atoms with E-state index in [9.17, 15) is 9.59 Å². The first-order chi connectivity index (χ1) is 10.6. The lowest BCUT2D eigenvalue weighted by molar-refractivity contribution is -0.116. The monoisotopic (exact) mass is 297 g/mol. The van der Waals surface area contributed by atoms with Crippen LogP contribution in [-0.2, 0) is 11.2 Å². The maximum absolute atomic E-state index is 11.9. The molecule has 0 saturated carbocycles. The van der Waals surface area contributed by atoms with Crippen molar-refractivity contribution in [1.29, 1.82) is 0 Å². The number of hydrogen-bond acceptors (Lipinski definition) is 4. The summed E-state index contributed by atoms with van der Waals surface area (Å²) in [5.74, 6) is 0.435. The highest BCUT2D eigenvalue weighted by Crippen LogP contribution is 2.27. The summed E-state index contributed by atoms with van der Waals surface area (Å²) in [6, 6.07) is 11.9. The first-order valence-corrected chi connectivity index (χ1v) is 6.87. The number of aryl methyl sites for hydroxylation is 1. The number of ether oxygens (including phenoxy) is 1. The van der Waals surface area contributed by atoms with Crippen molar-refractivity contribution in [2.75, 3.05) is 16.4 Å². The van der Waals surface area contributed by atoms with E-state index >= 15 is 0 Å². The molecule has 6 nitrogen and oxygen atoms in total. The first-order valence-electron chi connectivity index (χ1n) is 6.87. The molecule has 0 aromatic heterocycles. The molecule has 1 aliphatic rings. The maximum atomic E-state index is 11.9. The molecule has 1 aliphatic heterocycles. The molecule has 0 unspecified atom stereocenters. The van der Waals surface area contributed by atoms with Crippen molar-refractivity contribution in [2.24, 2.45) is 0 Å². The van der Waals surface area contributed by atoms with Crippen molar-refractivity contribution >= 4 is 29.1 Å². The van der Waals surface area contributed by atoms with Crippen LogP contribution in [0, 0.1) is 0 Å². The molecule has 0 bridgehead atoms. The van der Waals surface area contributed by atoms with Crippen LogP contribution in [0.15, 0.2) is 42.5 Å². The number of carbonyl (C=O) groups is 2. The summed E-state index contributed by atoms with van der Waals surface area (Å²) in [6.45, 7) is 0. The van der Waals surface area contributed by atoms with Gasteiger partial charge in [-0.15, -0.1) is 0 Å². The number of anilines is 3. The molecule has 3 rings (SSSR count). The molecule has 2 aromatic rings. The van der Waals surface area contributed by atoms with Gasteiger partial charge >= 0.3 is 6.09 Å². The zero-order chi connectivity index (χ0) is 15.5. The number of rotatable bonds is 2. The van der Waals surface area contributed by atoms with Gasteiger partial charge in [0.05, 0.1) is 0 Å². The van der Waals surface area contributed by atoms with E-state index in [0.717, 1.165) is 11.3 Å².